The van der Waals surface area contributed by atoms with Crippen molar-refractivity contribution in [2.75, 3.05) is 6.54 Å². The van der Waals surface area contributed by atoms with Crippen molar-refractivity contribution in [3.8, 4) is 0 Å². The molecule has 21 heavy (non-hydrogen) atoms. The highest BCUT2D eigenvalue weighted by Crippen LogP contribution is 2.28. The van der Waals surface area contributed by atoms with Gasteiger partial charge in [0.2, 0.25) is 0 Å². The number of hydrogen-bond donors (Lipinski definition) is 1. The maximum atomic E-state index is 6.11. The molecular weight excluding hydrogens is 366 g/mol. The molecule has 1 heterocycles. The summed E-state index contributed by atoms with van der Waals surface area (Å²) in [6.45, 7) is 1.08. The van der Waals surface area contributed by atoms with Crippen molar-refractivity contribution >= 4 is 38.9 Å². The van der Waals surface area contributed by atoms with Gasteiger partial charge in [-0.1, -0.05) is 23.7 Å². The van der Waals surface area contributed by atoms with Crippen molar-refractivity contribution < 1.29 is 0 Å². The van der Waals surface area contributed by atoms with E-state index >= 15 is 0 Å². The molecule has 0 aliphatic heterocycles. The molecule has 1 aliphatic carbocycles. The third-order valence-corrected chi connectivity index (χ3v) is 6.03. The van der Waals surface area contributed by atoms with Crippen LogP contribution in [-0.2, 0) is 12.8 Å². The summed E-state index contributed by atoms with van der Waals surface area (Å²) >= 11 is 11.6. The van der Waals surface area contributed by atoms with Crippen LogP contribution in [0.5, 0.6) is 0 Å². The first-order chi connectivity index (χ1) is 10.2. The quantitative estimate of drug-likeness (QED) is 0.681. The Labute approximate surface area is 143 Å². The normalized spacial score (nSPS) is 16.1. The topological polar surface area (TPSA) is 12.0 Å². The maximum absolute atomic E-state index is 6.11. The van der Waals surface area contributed by atoms with E-state index in [1.54, 1.807) is 0 Å². The van der Waals surface area contributed by atoms with Crippen LogP contribution in [0.25, 0.3) is 0 Å². The van der Waals surface area contributed by atoms with Crippen LogP contribution in [0.4, 0.5) is 0 Å². The monoisotopic (exact) mass is 383 g/mol. The lowest BCUT2D eigenvalue weighted by atomic mass is 9.95. The molecule has 1 N–H and O–H groups in total. The van der Waals surface area contributed by atoms with Gasteiger partial charge in [0.1, 0.15) is 0 Å². The summed E-state index contributed by atoms with van der Waals surface area (Å²) in [6, 6.07) is 11.2. The molecule has 1 aliphatic rings. The summed E-state index contributed by atoms with van der Waals surface area (Å²) in [7, 11) is 0. The van der Waals surface area contributed by atoms with E-state index in [0.717, 1.165) is 30.5 Å². The molecule has 1 nitrogen and oxygen atoms in total. The highest BCUT2D eigenvalue weighted by Gasteiger charge is 2.22. The van der Waals surface area contributed by atoms with Gasteiger partial charge in [-0.15, -0.1) is 11.3 Å². The second kappa shape index (κ2) is 7.28. The average molecular weight is 385 g/mol. The third kappa shape index (κ3) is 4.82. The van der Waals surface area contributed by atoms with Gasteiger partial charge in [0.05, 0.1) is 0 Å². The molecule has 112 valence electrons. The first-order valence-electron chi connectivity index (χ1n) is 7.40. The molecule has 1 saturated carbocycles. The number of thiophene rings is 1. The summed E-state index contributed by atoms with van der Waals surface area (Å²) in [5.41, 5.74) is 1.33. The van der Waals surface area contributed by atoms with Crippen LogP contribution in [0.3, 0.4) is 0 Å². The first kappa shape index (κ1) is 15.5. The molecule has 0 spiro atoms. The van der Waals surface area contributed by atoms with Gasteiger partial charge < -0.3 is 5.32 Å². The summed E-state index contributed by atoms with van der Waals surface area (Å²) in [5.74, 6) is 0.610. The first-order valence-corrected chi connectivity index (χ1v) is 9.45. The summed E-state index contributed by atoms with van der Waals surface area (Å²) in [6.07, 6.45) is 4.87. The van der Waals surface area contributed by atoms with E-state index in [2.05, 4.69) is 44.8 Å². The van der Waals surface area contributed by atoms with Crippen LogP contribution in [0.1, 0.15) is 23.3 Å². The zero-order valence-electron chi connectivity index (χ0n) is 11.8. The fourth-order valence-corrected chi connectivity index (χ4v) is 4.41. The maximum Gasteiger partial charge on any atom is 0.0408 e. The van der Waals surface area contributed by atoms with Gasteiger partial charge in [-0.2, -0.15) is 0 Å². The highest BCUT2D eigenvalue weighted by molar-refractivity contribution is 9.10. The lowest BCUT2D eigenvalue weighted by molar-refractivity contribution is 0.471. The minimum atomic E-state index is 0.610. The fourth-order valence-electron chi connectivity index (χ4n) is 2.57. The number of nitrogens with one attached hydrogen (secondary N) is 1. The Balaban J connectivity index is 1.67. The van der Waals surface area contributed by atoms with Crippen molar-refractivity contribution in [3.05, 3.63) is 55.6 Å². The summed E-state index contributed by atoms with van der Waals surface area (Å²) in [5, 5.41) is 6.67. The molecular formula is C17H19BrClNS. The van der Waals surface area contributed by atoms with Crippen LogP contribution >= 0.6 is 38.9 Å². The van der Waals surface area contributed by atoms with Crippen LogP contribution in [0.15, 0.2) is 40.2 Å². The molecule has 0 radical (unpaired) electrons. The molecule has 1 atom stereocenters. The molecule has 1 unspecified atom stereocenters. The fraction of sp³-hybridized carbons (Fsp3) is 0.412. The van der Waals surface area contributed by atoms with Gasteiger partial charge in [-0.25, -0.2) is 0 Å². The number of halogens is 2. The minimum absolute atomic E-state index is 0.610. The molecule has 0 bridgehead atoms. The van der Waals surface area contributed by atoms with Crippen molar-refractivity contribution in [1.82, 2.24) is 5.32 Å². The standard InChI is InChI=1S/C17H19BrClNS/c18-16-6-7-21-17(16)10-13(11-20-15-4-5-15)8-12-2-1-3-14(19)9-12/h1-3,6-7,9,13,15,20H,4-5,8,10-11H2. The third-order valence-electron chi connectivity index (χ3n) is 3.85. The molecule has 1 fully saturated rings. The molecule has 0 amide bonds. The van der Waals surface area contributed by atoms with E-state index in [-0.39, 0.29) is 0 Å². The molecule has 1 aromatic heterocycles. The Kier molecular flexibility index (Phi) is 5.38. The van der Waals surface area contributed by atoms with Gasteiger partial charge in [-0.05, 0) is 83.2 Å². The van der Waals surface area contributed by atoms with E-state index in [9.17, 15) is 0 Å². The predicted molar refractivity (Wildman–Crippen MR) is 95.4 cm³/mol. The molecule has 0 saturated heterocycles. The van der Waals surface area contributed by atoms with Crippen LogP contribution in [0.2, 0.25) is 5.02 Å². The summed E-state index contributed by atoms with van der Waals surface area (Å²) in [4.78, 5) is 1.44. The Morgan fingerprint density at radius 3 is 2.81 bits per heavy atom. The SMILES string of the molecule is Clc1cccc(CC(CNC2CC2)Cc2sccc2Br)c1. The average Bonchev–Trinajstić information content (AvgIpc) is 3.20. The second-order valence-corrected chi connectivity index (χ2v) is 8.07. The second-order valence-electron chi connectivity index (χ2n) is 5.78. The number of rotatable bonds is 7. The van der Waals surface area contributed by atoms with Gasteiger partial charge in [0, 0.05) is 20.4 Å². The number of hydrogen-bond acceptors (Lipinski definition) is 2. The van der Waals surface area contributed by atoms with Gasteiger partial charge >= 0.3 is 0 Å². The lowest BCUT2D eigenvalue weighted by Crippen LogP contribution is -2.27. The largest absolute Gasteiger partial charge is 0.314 e. The molecule has 3 rings (SSSR count). The molecule has 2 aromatic rings. The van der Waals surface area contributed by atoms with E-state index in [4.69, 9.17) is 11.6 Å². The minimum Gasteiger partial charge on any atom is -0.314 e. The van der Waals surface area contributed by atoms with E-state index in [0.29, 0.717) is 5.92 Å². The summed E-state index contributed by atoms with van der Waals surface area (Å²) < 4.78 is 1.25. The van der Waals surface area contributed by atoms with Gasteiger partial charge in [-0.3, -0.25) is 0 Å². The Morgan fingerprint density at radius 1 is 1.29 bits per heavy atom. The van der Waals surface area contributed by atoms with E-state index in [1.807, 2.05) is 23.5 Å². The van der Waals surface area contributed by atoms with Gasteiger partial charge in [0.25, 0.3) is 0 Å². The van der Waals surface area contributed by atoms with Crippen molar-refractivity contribution in [1.29, 1.82) is 0 Å². The molecule has 1 aromatic carbocycles. The highest BCUT2D eigenvalue weighted by atomic mass is 79.9. The van der Waals surface area contributed by atoms with Crippen LogP contribution in [-0.4, -0.2) is 12.6 Å². The van der Waals surface area contributed by atoms with Gasteiger partial charge in [0.15, 0.2) is 0 Å². The van der Waals surface area contributed by atoms with Crippen molar-refractivity contribution in [2.45, 2.75) is 31.7 Å². The predicted octanol–water partition coefficient (Wildman–Crippen LogP) is 5.32. The van der Waals surface area contributed by atoms with Crippen LogP contribution in [0, 0.1) is 5.92 Å². The zero-order chi connectivity index (χ0) is 14.7. The molecule has 4 heteroatoms. The van der Waals surface area contributed by atoms with Crippen LogP contribution < -0.4 is 5.32 Å². The number of benzene rings is 1. The smallest absolute Gasteiger partial charge is 0.0408 e. The Hall–Kier alpha value is -0.350. The lowest BCUT2D eigenvalue weighted by Gasteiger charge is -2.17. The van der Waals surface area contributed by atoms with E-state index in [1.165, 1.54) is 27.8 Å². The van der Waals surface area contributed by atoms with Crippen molar-refractivity contribution in [2.24, 2.45) is 5.92 Å². The van der Waals surface area contributed by atoms with Crippen molar-refractivity contribution in [3.63, 3.8) is 0 Å². The Morgan fingerprint density at radius 2 is 2.14 bits per heavy atom. The van der Waals surface area contributed by atoms with E-state index < -0.39 is 0 Å². The zero-order valence-corrected chi connectivity index (χ0v) is 15.0. The Bertz CT molecular complexity index is 594.